The third-order valence-corrected chi connectivity index (χ3v) is 3.69. The van der Waals surface area contributed by atoms with E-state index in [-0.39, 0.29) is 11.5 Å². The molecule has 122 valence electrons. The number of carbonyl (C=O) groups excluding carboxylic acids is 1. The topological polar surface area (TPSA) is 108 Å². The summed E-state index contributed by atoms with van der Waals surface area (Å²) in [4.78, 5) is 32.0. The number of hydrogen-bond donors (Lipinski definition) is 0. The Labute approximate surface area is 139 Å². The average Bonchev–Trinajstić information content (AvgIpc) is 3.10. The number of thioether (sulfide) groups is 1. The number of aryl methyl sites for hydroxylation is 1. The number of nitrogens with zero attached hydrogens (tertiary/aromatic N) is 3. The van der Waals surface area contributed by atoms with Crippen molar-refractivity contribution in [1.82, 2.24) is 15.1 Å². The van der Waals surface area contributed by atoms with E-state index < -0.39 is 11.4 Å². The maximum Gasteiger partial charge on any atom is 0.382 e. The predicted molar refractivity (Wildman–Crippen MR) is 82.8 cm³/mol. The second-order valence-electron chi connectivity index (χ2n) is 4.61. The van der Waals surface area contributed by atoms with E-state index in [4.69, 9.17) is 9.15 Å². The van der Waals surface area contributed by atoms with Crippen LogP contribution in [0, 0.1) is 6.92 Å². The second-order valence-corrected chi connectivity index (χ2v) is 5.55. The molecule has 0 aliphatic heterocycles. The highest BCUT2D eigenvalue weighted by atomic mass is 32.2. The molecule has 0 aliphatic carbocycles. The maximum absolute atomic E-state index is 12.0. The molecule has 0 aliphatic rings. The zero-order valence-electron chi connectivity index (χ0n) is 12.5. The zero-order valence-corrected chi connectivity index (χ0v) is 13.3. The van der Waals surface area contributed by atoms with Crippen molar-refractivity contribution in [2.75, 3.05) is 0 Å². The van der Waals surface area contributed by atoms with Crippen LogP contribution in [0.3, 0.4) is 0 Å². The van der Waals surface area contributed by atoms with Crippen LogP contribution >= 0.6 is 11.8 Å². The number of rotatable bonds is 5. The number of hydrogen-bond acceptors (Lipinski definition) is 9. The van der Waals surface area contributed by atoms with Gasteiger partial charge >= 0.3 is 5.97 Å². The molecule has 3 aromatic rings. The number of aromatic nitrogens is 3. The van der Waals surface area contributed by atoms with Crippen LogP contribution in [-0.4, -0.2) is 21.1 Å². The van der Waals surface area contributed by atoms with Crippen LogP contribution in [-0.2, 0) is 5.75 Å². The first kappa shape index (κ1) is 15.9. The Morgan fingerprint density at radius 2 is 2.21 bits per heavy atom. The number of carbonyl (C=O) groups is 1. The summed E-state index contributed by atoms with van der Waals surface area (Å²) in [6, 6.07) is 4.38. The van der Waals surface area contributed by atoms with Gasteiger partial charge in [0, 0.05) is 24.0 Å². The monoisotopic (exact) mass is 345 g/mol. The van der Waals surface area contributed by atoms with E-state index in [0.717, 1.165) is 12.0 Å². The molecule has 0 aromatic carbocycles. The molecule has 3 aromatic heterocycles. The van der Waals surface area contributed by atoms with E-state index in [2.05, 4.69) is 19.6 Å². The minimum absolute atomic E-state index is 0.106. The molecule has 0 fully saturated rings. The van der Waals surface area contributed by atoms with E-state index in [1.54, 1.807) is 12.3 Å². The van der Waals surface area contributed by atoms with Crippen LogP contribution in [0.5, 0.6) is 5.75 Å². The van der Waals surface area contributed by atoms with Gasteiger partial charge in [0.1, 0.15) is 12.0 Å². The minimum atomic E-state index is -0.824. The van der Waals surface area contributed by atoms with Crippen molar-refractivity contribution in [2.24, 2.45) is 0 Å². The molecule has 3 rings (SSSR count). The van der Waals surface area contributed by atoms with Gasteiger partial charge in [-0.1, -0.05) is 16.9 Å². The van der Waals surface area contributed by atoms with Gasteiger partial charge in [-0.3, -0.25) is 4.79 Å². The molecule has 0 saturated heterocycles. The molecule has 0 unspecified atom stereocenters. The SMILES string of the molecule is Cc1ccnc(SCc2cc(=O)c(OC(=O)c3ccno3)co2)n1. The van der Waals surface area contributed by atoms with Crippen molar-refractivity contribution in [3.8, 4) is 5.75 Å². The molecule has 9 heteroatoms. The fraction of sp³-hybridized carbons (Fsp3) is 0.133. The molecular weight excluding hydrogens is 334 g/mol. The number of esters is 1. The lowest BCUT2D eigenvalue weighted by molar-refractivity contribution is 0.0685. The first-order valence-corrected chi connectivity index (χ1v) is 7.77. The van der Waals surface area contributed by atoms with Gasteiger partial charge in [-0.05, 0) is 13.0 Å². The summed E-state index contributed by atoms with van der Waals surface area (Å²) >= 11 is 1.33. The molecule has 0 spiro atoms. The Bertz CT molecular complexity index is 907. The van der Waals surface area contributed by atoms with E-state index in [1.807, 2.05) is 6.92 Å². The van der Waals surface area contributed by atoms with Gasteiger partial charge in [-0.25, -0.2) is 14.8 Å². The molecule has 0 amide bonds. The Morgan fingerprint density at radius 3 is 2.92 bits per heavy atom. The van der Waals surface area contributed by atoms with Gasteiger partial charge < -0.3 is 13.7 Å². The standard InChI is InChI=1S/C15H11N3O5S/c1-9-2-4-16-15(18-9)24-8-10-6-11(19)13(7-21-10)22-14(20)12-3-5-17-23-12/h2-7H,8H2,1H3. The van der Waals surface area contributed by atoms with E-state index >= 15 is 0 Å². The maximum atomic E-state index is 12.0. The molecule has 8 nitrogen and oxygen atoms in total. The van der Waals surface area contributed by atoms with Crippen LogP contribution < -0.4 is 10.2 Å². The summed E-state index contributed by atoms with van der Waals surface area (Å²) in [6.45, 7) is 1.86. The van der Waals surface area contributed by atoms with Gasteiger partial charge in [-0.15, -0.1) is 0 Å². The predicted octanol–water partition coefficient (Wildman–Crippen LogP) is 2.24. The fourth-order valence-corrected chi connectivity index (χ4v) is 2.46. The van der Waals surface area contributed by atoms with Crippen molar-refractivity contribution in [1.29, 1.82) is 0 Å². The van der Waals surface area contributed by atoms with Gasteiger partial charge in [0.15, 0.2) is 5.16 Å². The normalized spacial score (nSPS) is 10.5. The molecule has 0 atom stereocenters. The minimum Gasteiger partial charge on any atom is -0.464 e. The second kappa shape index (κ2) is 7.09. The highest BCUT2D eigenvalue weighted by Gasteiger charge is 2.15. The van der Waals surface area contributed by atoms with Crippen LogP contribution in [0.2, 0.25) is 0 Å². The fourth-order valence-electron chi connectivity index (χ4n) is 1.69. The van der Waals surface area contributed by atoms with Crippen molar-refractivity contribution < 1.29 is 18.5 Å². The van der Waals surface area contributed by atoms with E-state index in [1.165, 1.54) is 30.1 Å². The quantitative estimate of drug-likeness (QED) is 0.390. The molecule has 3 heterocycles. The van der Waals surface area contributed by atoms with Gasteiger partial charge in [-0.2, -0.15) is 0 Å². The summed E-state index contributed by atoms with van der Waals surface area (Å²) in [6.07, 6.45) is 4.04. The molecule has 24 heavy (non-hydrogen) atoms. The first-order valence-electron chi connectivity index (χ1n) is 6.79. The lowest BCUT2D eigenvalue weighted by atomic mass is 10.4. The Hall–Kier alpha value is -2.94. The summed E-state index contributed by atoms with van der Waals surface area (Å²) < 4.78 is 14.9. The van der Waals surface area contributed by atoms with E-state index in [9.17, 15) is 9.59 Å². The van der Waals surface area contributed by atoms with Crippen LogP contribution in [0.25, 0.3) is 0 Å². The van der Waals surface area contributed by atoms with Crippen LogP contribution in [0.4, 0.5) is 0 Å². The Morgan fingerprint density at radius 1 is 1.33 bits per heavy atom. The van der Waals surface area contributed by atoms with Crippen molar-refractivity contribution in [3.63, 3.8) is 0 Å². The number of ether oxygens (including phenoxy) is 1. The molecular formula is C15H11N3O5S. The third-order valence-electron chi connectivity index (χ3n) is 2.81. The van der Waals surface area contributed by atoms with Gasteiger partial charge in [0.05, 0.1) is 11.9 Å². The third kappa shape index (κ3) is 3.87. The first-order chi connectivity index (χ1) is 11.6. The van der Waals surface area contributed by atoms with Gasteiger partial charge in [0.25, 0.3) is 0 Å². The summed E-state index contributed by atoms with van der Waals surface area (Å²) in [5, 5.41) is 3.97. The summed E-state index contributed by atoms with van der Waals surface area (Å²) in [5.74, 6) is -0.373. The smallest absolute Gasteiger partial charge is 0.382 e. The van der Waals surface area contributed by atoms with Crippen LogP contribution in [0.1, 0.15) is 22.0 Å². The highest BCUT2D eigenvalue weighted by Crippen LogP contribution is 2.19. The van der Waals surface area contributed by atoms with E-state index in [0.29, 0.717) is 16.7 Å². The largest absolute Gasteiger partial charge is 0.464 e. The van der Waals surface area contributed by atoms with Crippen LogP contribution in [0.15, 0.2) is 55.7 Å². The molecule has 0 N–H and O–H groups in total. The average molecular weight is 345 g/mol. The van der Waals surface area contributed by atoms with Crippen molar-refractivity contribution in [2.45, 2.75) is 17.8 Å². The summed E-state index contributed by atoms with van der Waals surface area (Å²) in [7, 11) is 0. The Kier molecular flexibility index (Phi) is 4.71. The van der Waals surface area contributed by atoms with Crippen molar-refractivity contribution >= 4 is 17.7 Å². The Balaban J connectivity index is 1.66. The molecule has 0 bridgehead atoms. The highest BCUT2D eigenvalue weighted by molar-refractivity contribution is 7.98. The summed E-state index contributed by atoms with van der Waals surface area (Å²) in [5.41, 5.74) is 0.374. The van der Waals surface area contributed by atoms with Crippen molar-refractivity contribution in [3.05, 3.63) is 64.3 Å². The molecule has 0 saturated carbocycles. The lowest BCUT2D eigenvalue weighted by Gasteiger charge is -2.03. The lowest BCUT2D eigenvalue weighted by Crippen LogP contribution is -2.14. The molecule has 0 radical (unpaired) electrons. The zero-order chi connectivity index (χ0) is 16.9. The van der Waals surface area contributed by atoms with Gasteiger partial charge in [0.2, 0.25) is 16.9 Å².